The molecule has 0 radical (unpaired) electrons. The third-order valence-electron chi connectivity index (χ3n) is 4.16. The number of ether oxygens (including phenoxy) is 1. The highest BCUT2D eigenvalue weighted by molar-refractivity contribution is 5.84. The van der Waals surface area contributed by atoms with E-state index in [1.54, 1.807) is 19.4 Å². The zero-order chi connectivity index (χ0) is 18.2. The lowest BCUT2D eigenvalue weighted by atomic mass is 10.0. The van der Waals surface area contributed by atoms with E-state index in [4.69, 9.17) is 4.74 Å². The number of carbonyl (C=O) groups is 1. The van der Waals surface area contributed by atoms with Crippen LogP contribution in [0.1, 0.15) is 23.6 Å². The minimum Gasteiger partial charge on any atom is -0.497 e. The van der Waals surface area contributed by atoms with Crippen molar-refractivity contribution in [3.63, 3.8) is 0 Å². The molecule has 2 unspecified atom stereocenters. The third-order valence-corrected chi connectivity index (χ3v) is 4.16. The van der Waals surface area contributed by atoms with E-state index in [1.807, 2.05) is 60.7 Å². The number of hydrogen-bond acceptors (Lipinski definition) is 5. The van der Waals surface area contributed by atoms with Crippen LogP contribution in [-0.2, 0) is 4.79 Å². The highest BCUT2D eigenvalue weighted by atomic mass is 16.5. The number of amides is 1. The lowest BCUT2D eigenvalue weighted by Crippen LogP contribution is -2.41. The van der Waals surface area contributed by atoms with Crippen LogP contribution in [0.4, 0.5) is 0 Å². The second kappa shape index (κ2) is 8.94. The first-order valence-corrected chi connectivity index (χ1v) is 8.46. The molecule has 0 saturated carbocycles. The smallest absolute Gasteiger partial charge is 0.258 e. The van der Waals surface area contributed by atoms with Crippen LogP contribution in [0.3, 0.4) is 0 Å². The Morgan fingerprint density at radius 1 is 1.15 bits per heavy atom. The first-order valence-electron chi connectivity index (χ1n) is 8.46. The van der Waals surface area contributed by atoms with Gasteiger partial charge >= 0.3 is 0 Å². The fourth-order valence-electron chi connectivity index (χ4n) is 2.72. The van der Waals surface area contributed by atoms with Crippen LogP contribution < -0.4 is 21.0 Å². The van der Waals surface area contributed by atoms with Gasteiger partial charge in [0.2, 0.25) is 0 Å². The summed E-state index contributed by atoms with van der Waals surface area (Å²) in [6.07, 6.45) is 5.92. The molecule has 6 nitrogen and oxygen atoms in total. The Bertz CT molecular complexity index is 772. The van der Waals surface area contributed by atoms with Crippen LogP contribution in [-0.4, -0.2) is 25.3 Å². The van der Waals surface area contributed by atoms with E-state index in [0.717, 1.165) is 16.9 Å². The SMILES string of the molecule is COc1ccc(C2CC(C(=O)N/N=C/C=C/c3ccccc3)NN2)cc1. The van der Waals surface area contributed by atoms with Crippen molar-refractivity contribution in [3.05, 3.63) is 71.8 Å². The average Bonchev–Trinajstić information content (AvgIpc) is 3.19. The number of hydrazine groups is 1. The summed E-state index contributed by atoms with van der Waals surface area (Å²) in [5.74, 6) is 0.643. The molecule has 134 valence electrons. The maximum absolute atomic E-state index is 12.2. The molecule has 2 aromatic rings. The Kier molecular flexibility index (Phi) is 6.14. The Balaban J connectivity index is 1.46. The van der Waals surface area contributed by atoms with Gasteiger partial charge in [-0.2, -0.15) is 5.10 Å². The number of benzene rings is 2. The van der Waals surface area contributed by atoms with Gasteiger partial charge in [-0.05, 0) is 35.8 Å². The summed E-state index contributed by atoms with van der Waals surface area (Å²) in [4.78, 5) is 12.2. The van der Waals surface area contributed by atoms with Crippen molar-refractivity contribution in [2.75, 3.05) is 7.11 Å². The first-order chi connectivity index (χ1) is 12.8. The van der Waals surface area contributed by atoms with Crippen molar-refractivity contribution in [2.45, 2.75) is 18.5 Å². The number of hydrazone groups is 1. The van der Waals surface area contributed by atoms with Gasteiger partial charge in [0.1, 0.15) is 11.8 Å². The molecule has 1 aliphatic rings. The van der Waals surface area contributed by atoms with E-state index in [1.165, 1.54) is 0 Å². The van der Waals surface area contributed by atoms with Crippen LogP contribution in [0.15, 0.2) is 65.8 Å². The van der Waals surface area contributed by atoms with E-state index < -0.39 is 0 Å². The molecule has 0 aromatic heterocycles. The van der Waals surface area contributed by atoms with Gasteiger partial charge in [0.15, 0.2) is 0 Å². The maximum atomic E-state index is 12.2. The van der Waals surface area contributed by atoms with Crippen LogP contribution in [0.25, 0.3) is 6.08 Å². The number of nitrogens with one attached hydrogen (secondary N) is 3. The summed E-state index contributed by atoms with van der Waals surface area (Å²) in [5, 5.41) is 3.96. The van der Waals surface area contributed by atoms with Crippen molar-refractivity contribution in [1.29, 1.82) is 0 Å². The summed E-state index contributed by atoms with van der Waals surface area (Å²) in [5.41, 5.74) is 10.9. The molecule has 2 atom stereocenters. The molecule has 1 heterocycles. The fourth-order valence-corrected chi connectivity index (χ4v) is 2.72. The van der Waals surface area contributed by atoms with Gasteiger partial charge in [-0.25, -0.2) is 16.3 Å². The Hall–Kier alpha value is -2.96. The molecule has 26 heavy (non-hydrogen) atoms. The number of rotatable bonds is 6. The Morgan fingerprint density at radius 2 is 1.92 bits per heavy atom. The monoisotopic (exact) mass is 350 g/mol. The quantitative estimate of drug-likeness (QED) is 0.552. The van der Waals surface area contributed by atoms with Crippen molar-refractivity contribution >= 4 is 18.2 Å². The molecule has 1 amide bonds. The third kappa shape index (κ3) is 4.78. The van der Waals surface area contributed by atoms with Crippen molar-refractivity contribution in [3.8, 4) is 5.75 Å². The molecular weight excluding hydrogens is 328 g/mol. The van der Waals surface area contributed by atoms with Gasteiger partial charge in [-0.1, -0.05) is 48.5 Å². The summed E-state index contributed by atoms with van der Waals surface area (Å²) in [6, 6.07) is 17.4. The Labute approximate surface area is 152 Å². The van der Waals surface area contributed by atoms with Gasteiger partial charge in [0, 0.05) is 12.3 Å². The molecule has 6 heteroatoms. The number of nitrogens with zero attached hydrogens (tertiary/aromatic N) is 1. The van der Waals surface area contributed by atoms with Gasteiger partial charge in [0.05, 0.1) is 7.11 Å². The molecule has 0 bridgehead atoms. The normalized spacial score (nSPS) is 19.9. The zero-order valence-corrected chi connectivity index (χ0v) is 14.6. The molecule has 1 fully saturated rings. The predicted molar refractivity (Wildman–Crippen MR) is 103 cm³/mol. The second-order valence-electron chi connectivity index (χ2n) is 5.93. The Morgan fingerprint density at radius 3 is 2.65 bits per heavy atom. The molecule has 0 aliphatic carbocycles. The highest BCUT2D eigenvalue weighted by Gasteiger charge is 2.29. The minimum absolute atomic E-state index is 0.0682. The van der Waals surface area contributed by atoms with Crippen LogP contribution in [0.2, 0.25) is 0 Å². The van der Waals surface area contributed by atoms with Gasteiger partial charge in [0.25, 0.3) is 5.91 Å². The van der Waals surface area contributed by atoms with E-state index in [2.05, 4.69) is 21.4 Å². The highest BCUT2D eigenvalue weighted by Crippen LogP contribution is 2.24. The molecule has 3 N–H and O–H groups in total. The summed E-state index contributed by atoms with van der Waals surface area (Å²) >= 11 is 0. The van der Waals surface area contributed by atoms with Crippen LogP contribution >= 0.6 is 0 Å². The topological polar surface area (TPSA) is 74.8 Å². The molecule has 1 aliphatic heterocycles. The largest absolute Gasteiger partial charge is 0.497 e. The summed E-state index contributed by atoms with van der Waals surface area (Å²) in [6.45, 7) is 0. The van der Waals surface area contributed by atoms with Crippen LogP contribution in [0.5, 0.6) is 5.75 Å². The number of methoxy groups -OCH3 is 1. The van der Waals surface area contributed by atoms with Gasteiger partial charge in [-0.15, -0.1) is 0 Å². The van der Waals surface area contributed by atoms with Crippen molar-refractivity contribution < 1.29 is 9.53 Å². The standard InChI is InChI=1S/C20H22N4O2/c1-26-17-11-9-16(10-12-17)18-14-19(23-22-18)20(25)24-21-13-5-8-15-6-3-2-4-7-15/h2-13,18-19,22-23H,14H2,1H3,(H,24,25)/b8-5+,21-13+. The lowest BCUT2D eigenvalue weighted by molar-refractivity contribution is -0.122. The summed E-state index contributed by atoms with van der Waals surface area (Å²) < 4.78 is 5.16. The fraction of sp³-hybridized carbons (Fsp3) is 0.200. The molecular formula is C20H22N4O2. The molecule has 2 aromatic carbocycles. The van der Waals surface area contributed by atoms with Gasteiger partial charge < -0.3 is 4.74 Å². The van der Waals surface area contributed by atoms with E-state index in [-0.39, 0.29) is 18.0 Å². The van der Waals surface area contributed by atoms with E-state index in [0.29, 0.717) is 6.42 Å². The molecule has 3 rings (SSSR count). The first kappa shape index (κ1) is 17.8. The van der Waals surface area contributed by atoms with E-state index in [9.17, 15) is 4.79 Å². The lowest BCUT2D eigenvalue weighted by Gasteiger charge is -2.10. The number of hydrogen-bond donors (Lipinski definition) is 3. The zero-order valence-electron chi connectivity index (χ0n) is 14.6. The number of allylic oxidation sites excluding steroid dienone is 1. The molecule has 0 spiro atoms. The predicted octanol–water partition coefficient (Wildman–Crippen LogP) is 2.42. The van der Waals surface area contributed by atoms with Crippen molar-refractivity contribution in [1.82, 2.24) is 16.3 Å². The number of carbonyl (C=O) groups excluding carboxylic acids is 1. The van der Waals surface area contributed by atoms with E-state index >= 15 is 0 Å². The maximum Gasteiger partial charge on any atom is 0.258 e. The second-order valence-corrected chi connectivity index (χ2v) is 5.93. The van der Waals surface area contributed by atoms with Gasteiger partial charge in [-0.3, -0.25) is 4.79 Å². The minimum atomic E-state index is -0.336. The average molecular weight is 350 g/mol. The molecule has 1 saturated heterocycles. The summed E-state index contributed by atoms with van der Waals surface area (Å²) in [7, 11) is 1.64. The van der Waals surface area contributed by atoms with Crippen molar-refractivity contribution in [2.24, 2.45) is 5.10 Å². The van der Waals surface area contributed by atoms with Crippen LogP contribution in [0, 0.1) is 0 Å².